The molecule has 0 saturated carbocycles. The predicted octanol–water partition coefficient (Wildman–Crippen LogP) is 6.29. The third-order valence-electron chi connectivity index (χ3n) is 4.46. The maximum atomic E-state index is 5.64. The first-order valence-electron chi connectivity index (χ1n) is 10.6. The summed E-state index contributed by atoms with van der Waals surface area (Å²) in [5, 5.41) is 4.34. The monoisotopic (exact) mass is 770 g/mol. The van der Waals surface area contributed by atoms with Gasteiger partial charge in [0.15, 0.2) is 5.55 Å². The first-order chi connectivity index (χ1) is 16.3. The third-order valence-corrected chi connectivity index (χ3v) is 4.98. The van der Waals surface area contributed by atoms with Gasteiger partial charge in [-0.05, 0) is 45.5 Å². The van der Waals surface area contributed by atoms with Crippen molar-refractivity contribution in [2.24, 2.45) is 0 Å². The van der Waals surface area contributed by atoms with Gasteiger partial charge in [0.1, 0.15) is 11.5 Å². The van der Waals surface area contributed by atoms with Gasteiger partial charge in [-0.15, -0.1) is 21.5 Å². The van der Waals surface area contributed by atoms with E-state index < -0.39 is 0 Å². The van der Waals surface area contributed by atoms with Crippen molar-refractivity contribution in [1.29, 1.82) is 0 Å². The molecule has 0 amide bonds. The molecule has 0 radical (unpaired) electrons. The number of nitrogens with zero attached hydrogens (tertiary/aromatic N) is 2. The molecule has 0 atom stereocenters. The van der Waals surface area contributed by atoms with Gasteiger partial charge in [0.05, 0.1) is 12.6 Å². The summed E-state index contributed by atoms with van der Waals surface area (Å²) >= 11 is 9.39. The number of benzene rings is 4. The number of fused-ring (bicyclic) bond motifs is 2. The molecule has 0 saturated heterocycles. The Kier molecular flexibility index (Phi) is 18.7. The molecule has 0 heterocycles. The molecule has 0 unspecified atom stereocenters. The second-order valence-electron chi connectivity index (χ2n) is 8.07. The Hall–Kier alpha value is -0.307. The zero-order chi connectivity index (χ0) is 25.1. The van der Waals surface area contributed by atoms with Crippen molar-refractivity contribution in [2.45, 2.75) is 0 Å². The quantitative estimate of drug-likeness (QED) is 0.175. The molecule has 4 aromatic carbocycles. The van der Waals surface area contributed by atoms with E-state index in [0.29, 0.717) is 5.75 Å². The standard InChI is InChI=1S/C22H14O2S.C3H7NS.C3H9N.2Ce/c1-23-21-12-17-8-4-2-6-15(17)10-19(21)20-11-16-7-3-5-9-18(16)13-22(20)24-14-25;1-4(2)3-5;1-4(2)3;;/h4-14H,1H3;3H,1-2H3;1-3H3;;/q-2;;;;. The summed E-state index contributed by atoms with van der Waals surface area (Å²) in [6.07, 6.45) is 0. The number of hydrogen-bond acceptors (Lipinski definition) is 5. The van der Waals surface area contributed by atoms with E-state index in [1.165, 1.54) is 5.55 Å². The van der Waals surface area contributed by atoms with Crippen LogP contribution < -0.4 is 9.47 Å². The van der Waals surface area contributed by atoms with E-state index in [4.69, 9.17) is 21.7 Å². The summed E-state index contributed by atoms with van der Waals surface area (Å²) in [5.74, 6) is 1.48. The Morgan fingerprint density at radius 1 is 0.722 bits per heavy atom. The molecule has 4 nitrogen and oxygen atoms in total. The maximum Gasteiger partial charge on any atom is 0.154 e. The maximum absolute atomic E-state index is 5.64. The molecule has 0 aliphatic rings. The molecule has 0 N–H and O–H groups in total. The van der Waals surface area contributed by atoms with Crippen LogP contribution in [0.1, 0.15) is 0 Å². The van der Waals surface area contributed by atoms with Crippen LogP contribution in [0.2, 0.25) is 0 Å². The van der Waals surface area contributed by atoms with Gasteiger partial charge >= 0.3 is 0 Å². The van der Waals surface area contributed by atoms with Crippen molar-refractivity contribution >= 4 is 57.0 Å². The first-order valence-corrected chi connectivity index (χ1v) is 11.5. The zero-order valence-corrected chi connectivity index (χ0v) is 29.4. The fraction of sp³-hybridized carbons (Fsp3) is 0.214. The summed E-state index contributed by atoms with van der Waals surface area (Å²) in [4.78, 5) is 3.81. The van der Waals surface area contributed by atoms with Crippen LogP contribution in [0, 0.1) is 95.6 Å². The average Bonchev–Trinajstić information content (AvgIpc) is 2.83. The molecule has 0 aliphatic heterocycles. The Labute approximate surface area is 293 Å². The summed E-state index contributed by atoms with van der Waals surface area (Å²) in [6.45, 7) is 0. The average molecular weight is 771 g/mol. The van der Waals surface area contributed by atoms with Crippen LogP contribution >= 0.6 is 24.4 Å². The molecule has 8 heteroatoms. The van der Waals surface area contributed by atoms with Crippen molar-refractivity contribution in [3.63, 3.8) is 0 Å². The molecular weight excluding hydrogens is 741 g/mol. The van der Waals surface area contributed by atoms with E-state index in [-0.39, 0.29) is 83.5 Å². The van der Waals surface area contributed by atoms with E-state index >= 15 is 0 Å². The van der Waals surface area contributed by atoms with Crippen LogP contribution in [0.15, 0.2) is 60.7 Å². The number of rotatable bonds is 5. The van der Waals surface area contributed by atoms with Gasteiger partial charge in [0, 0.05) is 109 Å². The van der Waals surface area contributed by atoms with Crippen LogP contribution in [0.3, 0.4) is 0 Å². The van der Waals surface area contributed by atoms with E-state index in [9.17, 15) is 0 Å². The second kappa shape index (κ2) is 18.9. The van der Waals surface area contributed by atoms with Crippen LogP contribution in [0.25, 0.3) is 32.7 Å². The smallest absolute Gasteiger partial charge is 0.154 e. The molecule has 0 fully saturated rings. The molecule has 0 bridgehead atoms. The Morgan fingerprint density at radius 2 is 1.14 bits per heavy atom. The molecule has 186 valence electrons. The van der Waals surface area contributed by atoms with Crippen molar-refractivity contribution < 1.29 is 93.0 Å². The summed E-state index contributed by atoms with van der Waals surface area (Å²) in [5.41, 5.74) is 4.74. The molecule has 0 aliphatic carbocycles. The summed E-state index contributed by atoms with van der Waals surface area (Å²) in [6, 6.07) is 26.2. The van der Waals surface area contributed by atoms with Crippen molar-refractivity contribution in [1.82, 2.24) is 9.80 Å². The largest absolute Gasteiger partial charge is 0.496 e. The van der Waals surface area contributed by atoms with Gasteiger partial charge < -0.3 is 19.3 Å². The fourth-order valence-corrected chi connectivity index (χ4v) is 3.16. The predicted molar refractivity (Wildman–Crippen MR) is 152 cm³/mol. The second-order valence-corrected chi connectivity index (χ2v) is 8.48. The van der Waals surface area contributed by atoms with Crippen LogP contribution in [0.4, 0.5) is 0 Å². The number of thiocarbonyl (C=S) groups is 2. The minimum Gasteiger partial charge on any atom is -0.496 e. The van der Waals surface area contributed by atoms with Crippen LogP contribution in [-0.4, -0.2) is 63.2 Å². The summed E-state index contributed by atoms with van der Waals surface area (Å²) in [7, 11) is 11.5. The van der Waals surface area contributed by atoms with E-state index in [2.05, 4.69) is 36.5 Å². The first kappa shape index (κ1) is 35.7. The topological polar surface area (TPSA) is 24.9 Å². The van der Waals surface area contributed by atoms with E-state index in [1.54, 1.807) is 12.6 Å². The van der Waals surface area contributed by atoms with Crippen molar-refractivity contribution in [3.8, 4) is 22.6 Å². The number of hydrogen-bond donors (Lipinski definition) is 0. The number of ether oxygens (including phenoxy) is 2. The molecule has 36 heavy (non-hydrogen) atoms. The zero-order valence-electron chi connectivity index (χ0n) is 21.5. The van der Waals surface area contributed by atoms with Crippen molar-refractivity contribution in [2.75, 3.05) is 42.3 Å². The number of methoxy groups -OCH3 is 1. The summed E-state index contributed by atoms with van der Waals surface area (Å²) < 4.78 is 11.3. The Bertz CT molecular complexity index is 1250. The fourth-order valence-electron chi connectivity index (χ4n) is 3.05. The van der Waals surface area contributed by atoms with Gasteiger partial charge in [-0.25, -0.2) is 0 Å². The van der Waals surface area contributed by atoms with E-state index in [1.807, 2.05) is 93.6 Å². The minimum absolute atomic E-state index is 0. The van der Waals surface area contributed by atoms with Gasteiger partial charge in [-0.3, -0.25) is 0 Å². The van der Waals surface area contributed by atoms with Crippen LogP contribution in [0.5, 0.6) is 11.5 Å². The SMILES string of the molecule is CN(C)C.CN(C)C=S.COc1cc2cc[c-]cc2cc1-c1cc2c[c-]ccc2cc1OC=S.[Ce].[Ce]. The molecule has 0 spiro atoms. The molecule has 4 rings (SSSR count). The normalized spacial score (nSPS) is 9.42. The molecule has 4 aromatic rings. The third kappa shape index (κ3) is 11.2. The molecular formula is C28H30Ce2N2O2S2-2. The van der Waals surface area contributed by atoms with Gasteiger partial charge in [0.25, 0.3) is 0 Å². The van der Waals surface area contributed by atoms with Gasteiger partial charge in [0.2, 0.25) is 0 Å². The molecule has 0 aromatic heterocycles. The van der Waals surface area contributed by atoms with E-state index in [0.717, 1.165) is 38.4 Å². The Balaban J connectivity index is 0.000000969. The van der Waals surface area contributed by atoms with Gasteiger partial charge in [-0.2, -0.15) is 48.5 Å². The van der Waals surface area contributed by atoms with Gasteiger partial charge in [-0.1, -0.05) is 24.4 Å². The van der Waals surface area contributed by atoms with Crippen LogP contribution in [-0.2, 0) is 0 Å². The van der Waals surface area contributed by atoms with Crippen molar-refractivity contribution in [3.05, 3.63) is 72.8 Å². The minimum atomic E-state index is 0. The Morgan fingerprint density at radius 3 is 1.53 bits per heavy atom.